The molecule has 0 aliphatic carbocycles. The summed E-state index contributed by atoms with van der Waals surface area (Å²) in [7, 11) is 0. The number of amides is 2. The predicted octanol–water partition coefficient (Wildman–Crippen LogP) is 3.54. The molecule has 3 rings (SSSR count). The van der Waals surface area contributed by atoms with Gasteiger partial charge in [0.15, 0.2) is 11.6 Å². The molecule has 0 saturated carbocycles. The summed E-state index contributed by atoms with van der Waals surface area (Å²) >= 11 is 2.03. The lowest BCUT2D eigenvalue weighted by Gasteiger charge is -2.19. The lowest BCUT2D eigenvalue weighted by Crippen LogP contribution is -2.33. The Bertz CT molecular complexity index is 847. The van der Waals surface area contributed by atoms with E-state index in [0.29, 0.717) is 18.7 Å². The minimum atomic E-state index is -0.713. The third kappa shape index (κ3) is 4.74. The van der Waals surface area contributed by atoms with Crippen LogP contribution in [0.25, 0.3) is 0 Å². The van der Waals surface area contributed by atoms with Crippen molar-refractivity contribution in [3.8, 4) is 0 Å². The van der Waals surface area contributed by atoms with E-state index in [1.54, 1.807) is 29.2 Å². The van der Waals surface area contributed by atoms with Gasteiger partial charge in [0.1, 0.15) is 5.69 Å². The molecule has 1 fully saturated rings. The molecule has 0 atom stereocenters. The zero-order valence-corrected chi connectivity index (χ0v) is 16.6. The molecule has 0 radical (unpaired) electrons. The van der Waals surface area contributed by atoms with Crippen molar-refractivity contribution in [2.45, 2.75) is 12.8 Å². The zero-order chi connectivity index (χ0) is 19.4. The van der Waals surface area contributed by atoms with Crippen LogP contribution in [0, 0.1) is 15.2 Å². The van der Waals surface area contributed by atoms with E-state index in [1.807, 2.05) is 22.6 Å². The van der Waals surface area contributed by atoms with Crippen LogP contribution in [0.2, 0.25) is 0 Å². The Morgan fingerprint density at radius 1 is 1.07 bits per heavy atom. The second-order valence-electron chi connectivity index (χ2n) is 6.19. The minimum Gasteiger partial charge on any atom is -0.367 e. The van der Waals surface area contributed by atoms with E-state index in [2.05, 4.69) is 10.6 Å². The fourth-order valence-electron chi connectivity index (χ4n) is 2.99. The summed E-state index contributed by atoms with van der Waals surface area (Å²) in [4.78, 5) is 25.8. The Balaban J connectivity index is 1.61. The Labute approximate surface area is 169 Å². The highest BCUT2D eigenvalue weighted by atomic mass is 127. The molecule has 142 valence electrons. The van der Waals surface area contributed by atoms with Gasteiger partial charge >= 0.3 is 0 Å². The summed E-state index contributed by atoms with van der Waals surface area (Å²) in [6.45, 7) is 0.925. The van der Waals surface area contributed by atoms with Gasteiger partial charge in [0.25, 0.3) is 5.91 Å². The van der Waals surface area contributed by atoms with Crippen molar-refractivity contribution in [2.24, 2.45) is 0 Å². The number of nitrogens with zero attached hydrogens (tertiary/aromatic N) is 1. The van der Waals surface area contributed by atoms with Gasteiger partial charge in [-0.1, -0.05) is 12.1 Å². The van der Waals surface area contributed by atoms with E-state index >= 15 is 0 Å². The molecule has 0 spiro atoms. The highest BCUT2D eigenvalue weighted by Crippen LogP contribution is 2.29. The molecule has 5 nitrogen and oxygen atoms in total. The normalized spacial score (nSPS) is 13.5. The van der Waals surface area contributed by atoms with Gasteiger partial charge in [-0.05, 0) is 59.7 Å². The van der Waals surface area contributed by atoms with Crippen LogP contribution >= 0.6 is 22.6 Å². The van der Waals surface area contributed by atoms with E-state index in [9.17, 15) is 18.4 Å². The third-order valence-electron chi connectivity index (χ3n) is 4.25. The summed E-state index contributed by atoms with van der Waals surface area (Å²) in [6, 6.07) is 9.15. The summed E-state index contributed by atoms with van der Waals surface area (Å²) < 4.78 is 29.3. The van der Waals surface area contributed by atoms with E-state index in [-0.39, 0.29) is 17.9 Å². The Morgan fingerprint density at radius 2 is 1.70 bits per heavy atom. The number of hydrogen-bond acceptors (Lipinski definition) is 3. The molecule has 2 N–H and O–H groups in total. The lowest BCUT2D eigenvalue weighted by molar-refractivity contribution is -0.115. The Hall–Kier alpha value is -2.23. The van der Waals surface area contributed by atoms with Gasteiger partial charge in [-0.15, -0.1) is 0 Å². The number of nitrogens with one attached hydrogen (secondary N) is 2. The van der Waals surface area contributed by atoms with E-state index in [0.717, 1.165) is 28.5 Å². The maximum Gasteiger partial charge on any atom is 0.252 e. The molecule has 0 aromatic heterocycles. The second kappa shape index (κ2) is 8.64. The van der Waals surface area contributed by atoms with E-state index in [4.69, 9.17) is 0 Å². The standard InChI is InChI=1S/C19H18F2IN3O2/c20-14-9-12(10-15(21)18(14)25-7-3-4-8-25)24-17(26)11-23-19(27)13-5-1-2-6-16(13)22/h1-2,5-6,9-10H,3-4,7-8,11H2,(H,23,27)(H,24,26). The monoisotopic (exact) mass is 485 g/mol. The summed E-state index contributed by atoms with van der Waals surface area (Å²) in [5.41, 5.74) is 0.414. The molecule has 0 bridgehead atoms. The third-order valence-corrected chi connectivity index (χ3v) is 5.19. The van der Waals surface area contributed by atoms with E-state index in [1.165, 1.54) is 0 Å². The van der Waals surface area contributed by atoms with Crippen LogP contribution in [0.1, 0.15) is 23.2 Å². The molecule has 8 heteroatoms. The minimum absolute atomic E-state index is 0.0153. The highest BCUT2D eigenvalue weighted by Gasteiger charge is 2.21. The fraction of sp³-hybridized carbons (Fsp3) is 0.263. The van der Waals surface area contributed by atoms with Gasteiger partial charge in [-0.3, -0.25) is 9.59 Å². The summed E-state index contributed by atoms with van der Waals surface area (Å²) in [5, 5.41) is 4.90. The quantitative estimate of drug-likeness (QED) is 0.638. The molecule has 1 heterocycles. The van der Waals surface area contributed by atoms with E-state index < -0.39 is 23.4 Å². The summed E-state index contributed by atoms with van der Waals surface area (Å²) in [5.74, 6) is -2.39. The average Bonchev–Trinajstić information content (AvgIpc) is 3.13. The summed E-state index contributed by atoms with van der Waals surface area (Å²) in [6.07, 6.45) is 1.80. The first kappa shape index (κ1) is 19.5. The van der Waals surface area contributed by atoms with Crippen molar-refractivity contribution in [3.63, 3.8) is 0 Å². The molecule has 0 unspecified atom stereocenters. The van der Waals surface area contributed by atoms with Gasteiger partial charge in [0.05, 0.1) is 12.1 Å². The zero-order valence-electron chi connectivity index (χ0n) is 14.4. The van der Waals surface area contributed by atoms with Gasteiger partial charge in [0, 0.05) is 22.3 Å². The van der Waals surface area contributed by atoms with Crippen LogP contribution in [-0.4, -0.2) is 31.4 Å². The predicted molar refractivity (Wildman–Crippen MR) is 108 cm³/mol. The Kier molecular flexibility index (Phi) is 6.25. The number of rotatable bonds is 5. The van der Waals surface area contributed by atoms with Crippen LogP contribution in [0.15, 0.2) is 36.4 Å². The average molecular weight is 485 g/mol. The van der Waals surface area contributed by atoms with Crippen LogP contribution in [-0.2, 0) is 4.79 Å². The molecule has 1 aliphatic rings. The van der Waals surface area contributed by atoms with Crippen LogP contribution in [0.3, 0.4) is 0 Å². The molecule has 2 amide bonds. The van der Waals surface area contributed by atoms with Crippen molar-refractivity contribution < 1.29 is 18.4 Å². The molecule has 2 aromatic rings. The van der Waals surface area contributed by atoms with Crippen molar-refractivity contribution in [1.82, 2.24) is 5.32 Å². The lowest BCUT2D eigenvalue weighted by atomic mass is 10.2. The molecular weight excluding hydrogens is 467 g/mol. The Morgan fingerprint density at radius 3 is 2.33 bits per heavy atom. The SMILES string of the molecule is O=C(CNC(=O)c1ccccc1I)Nc1cc(F)c(N2CCCC2)c(F)c1. The number of hydrogen-bond donors (Lipinski definition) is 2. The van der Waals surface area contributed by atoms with Crippen LogP contribution < -0.4 is 15.5 Å². The van der Waals surface area contributed by atoms with Gasteiger partial charge in [-0.2, -0.15) is 0 Å². The highest BCUT2D eigenvalue weighted by molar-refractivity contribution is 14.1. The van der Waals surface area contributed by atoms with Crippen LogP contribution in [0.4, 0.5) is 20.2 Å². The molecule has 27 heavy (non-hydrogen) atoms. The topological polar surface area (TPSA) is 61.4 Å². The number of carbonyl (C=O) groups is 2. The van der Waals surface area contributed by atoms with Gasteiger partial charge < -0.3 is 15.5 Å². The van der Waals surface area contributed by atoms with Gasteiger partial charge in [-0.25, -0.2) is 8.78 Å². The smallest absolute Gasteiger partial charge is 0.252 e. The number of anilines is 2. The van der Waals surface area contributed by atoms with Gasteiger partial charge in [0.2, 0.25) is 5.91 Å². The van der Waals surface area contributed by atoms with Crippen molar-refractivity contribution in [2.75, 3.05) is 29.9 Å². The molecule has 2 aromatic carbocycles. The maximum atomic E-state index is 14.3. The molecule has 1 aliphatic heterocycles. The first-order chi connectivity index (χ1) is 13.0. The van der Waals surface area contributed by atoms with Crippen molar-refractivity contribution in [3.05, 3.63) is 57.2 Å². The largest absolute Gasteiger partial charge is 0.367 e. The molecule has 1 saturated heterocycles. The number of carbonyl (C=O) groups excluding carboxylic acids is 2. The number of benzene rings is 2. The van der Waals surface area contributed by atoms with Crippen LogP contribution in [0.5, 0.6) is 0 Å². The number of halogens is 3. The van der Waals surface area contributed by atoms with Crippen molar-refractivity contribution >= 4 is 45.8 Å². The second-order valence-corrected chi connectivity index (χ2v) is 7.36. The van der Waals surface area contributed by atoms with Crippen molar-refractivity contribution in [1.29, 1.82) is 0 Å². The first-order valence-corrected chi connectivity index (χ1v) is 9.60. The fourth-order valence-corrected chi connectivity index (χ4v) is 3.62. The molecular formula is C19H18F2IN3O2. The maximum absolute atomic E-state index is 14.3. The first-order valence-electron chi connectivity index (χ1n) is 8.52.